The molecule has 2 atom stereocenters. The van der Waals surface area contributed by atoms with Gasteiger partial charge in [-0.3, -0.25) is 10.7 Å². The molecular weight excluding hydrogens is 239 g/mol. The van der Waals surface area contributed by atoms with E-state index in [1.807, 2.05) is 14.0 Å². The van der Waals surface area contributed by atoms with E-state index in [-0.39, 0.29) is 44.0 Å². The van der Waals surface area contributed by atoms with E-state index in [0.29, 0.717) is 6.04 Å². The van der Waals surface area contributed by atoms with Crippen LogP contribution in [0.25, 0.3) is 0 Å². The maximum atomic E-state index is 11.4. The quantitative estimate of drug-likeness (QED) is 0.666. The normalized spacial score (nSPS) is 35.9. The van der Waals surface area contributed by atoms with Crippen LogP contribution in [0.5, 0.6) is 0 Å². The summed E-state index contributed by atoms with van der Waals surface area (Å²) < 4.78 is 0. The van der Waals surface area contributed by atoms with Gasteiger partial charge in [0.2, 0.25) is 0 Å². The van der Waals surface area contributed by atoms with Crippen LogP contribution in [0, 0.1) is 5.92 Å². The summed E-state index contributed by atoms with van der Waals surface area (Å²) in [6, 6.07) is 0.443. The predicted octanol–water partition coefficient (Wildman–Crippen LogP) is 1.65. The number of hydrogen-bond acceptors (Lipinski definition) is 2. The number of carbonyl (C=O) groups is 1. The van der Waals surface area contributed by atoms with Crippen molar-refractivity contribution < 1.29 is 37.5 Å². The number of rotatable bonds is 1. The molecule has 0 aromatic rings. The molecule has 2 unspecified atom stereocenters. The summed E-state index contributed by atoms with van der Waals surface area (Å²) in [4.78, 5) is 13.6. The molecule has 1 rings (SSSR count). The summed E-state index contributed by atoms with van der Waals surface area (Å²) in [5, 5.41) is 0. The molecule has 0 spiro atoms. The Morgan fingerprint density at radius 3 is 2.23 bits per heavy atom. The van der Waals surface area contributed by atoms with Crippen LogP contribution < -0.4 is 0 Å². The van der Waals surface area contributed by atoms with Crippen molar-refractivity contribution in [3.05, 3.63) is 5.92 Å². The molecule has 0 aromatic heterocycles. The third kappa shape index (κ3) is 2.22. The van der Waals surface area contributed by atoms with Crippen molar-refractivity contribution in [2.75, 3.05) is 7.05 Å². The van der Waals surface area contributed by atoms with Gasteiger partial charge in [0.15, 0.2) is 0 Å². The van der Waals surface area contributed by atoms with Gasteiger partial charge in [-0.25, -0.2) is 0 Å². The minimum Gasteiger partial charge on any atom is -0.323 e. The number of ketones is 1. The summed E-state index contributed by atoms with van der Waals surface area (Å²) in [5.74, 6) is 1.68. The van der Waals surface area contributed by atoms with Crippen LogP contribution in [0.3, 0.4) is 0 Å². The van der Waals surface area contributed by atoms with E-state index in [1.165, 1.54) is 5.92 Å². The average Bonchev–Trinajstić information content (AvgIpc) is 2.17. The van der Waals surface area contributed by atoms with Crippen molar-refractivity contribution in [2.45, 2.75) is 45.7 Å². The molecule has 0 aliphatic carbocycles. The number of likely N-dealkylation sites (tertiary alicyclic amines) is 1. The molecule has 1 fully saturated rings. The molecule has 0 saturated carbocycles. The van der Waals surface area contributed by atoms with Crippen molar-refractivity contribution in [1.82, 2.24) is 4.90 Å². The second-order valence-corrected chi connectivity index (χ2v) is 4.14. The van der Waals surface area contributed by atoms with Crippen molar-refractivity contribution in [3.8, 4) is 0 Å². The summed E-state index contributed by atoms with van der Waals surface area (Å²) in [6.45, 7) is 8.00. The zero-order valence-electron chi connectivity index (χ0n) is 9.22. The first-order chi connectivity index (χ1) is 5.39. The zero-order valence-corrected chi connectivity index (χ0v) is 12.1. The molecule has 1 radical (unpaired) electrons. The average molecular weight is 257 g/mol. The van der Waals surface area contributed by atoms with Gasteiger partial charge in [0, 0.05) is 38.2 Å². The Bertz CT molecular complexity index is 207. The molecule has 13 heavy (non-hydrogen) atoms. The Morgan fingerprint density at radius 1 is 1.62 bits per heavy atom. The molecule has 1 aliphatic heterocycles. The molecule has 2 nitrogen and oxygen atoms in total. The number of Topliss-reactive ketones (excluding diaryl/α,β-unsaturated/α-hetero) is 1. The molecule has 0 bridgehead atoms. The first-order valence-corrected chi connectivity index (χ1v) is 4.46. The van der Waals surface area contributed by atoms with E-state index in [9.17, 15) is 4.79 Å². The summed E-state index contributed by atoms with van der Waals surface area (Å²) in [5.41, 5.74) is -0.247. The monoisotopic (exact) mass is 257 g/mol. The minimum absolute atomic E-state index is 0. The summed E-state index contributed by atoms with van der Waals surface area (Å²) >= 11 is 0. The molecule has 0 aromatic carbocycles. The Balaban J connectivity index is 0.00000144. The third-order valence-corrected chi connectivity index (χ3v) is 3.45. The van der Waals surface area contributed by atoms with Gasteiger partial charge in [0.25, 0.3) is 0 Å². The summed E-state index contributed by atoms with van der Waals surface area (Å²) in [6.07, 6.45) is 0.917. The van der Waals surface area contributed by atoms with E-state index >= 15 is 0 Å². The maximum absolute atomic E-state index is 11.4. The number of hydrogen-bond donors (Lipinski definition) is 0. The van der Waals surface area contributed by atoms with E-state index in [1.54, 1.807) is 6.92 Å². The van der Waals surface area contributed by atoms with Gasteiger partial charge in [-0.2, -0.15) is 13.3 Å². The van der Waals surface area contributed by atoms with Gasteiger partial charge >= 0.3 is 0 Å². The topological polar surface area (TPSA) is 20.3 Å². The van der Waals surface area contributed by atoms with Gasteiger partial charge < -0.3 is 4.90 Å². The van der Waals surface area contributed by atoms with E-state index < -0.39 is 0 Å². The van der Waals surface area contributed by atoms with Gasteiger partial charge in [-0.05, 0) is 20.9 Å². The van der Waals surface area contributed by atoms with Crippen molar-refractivity contribution in [1.29, 1.82) is 0 Å². The Labute approximate surface area is 106 Å². The van der Waals surface area contributed by atoms with Crippen LogP contribution in [0.15, 0.2) is 0 Å². The van der Waals surface area contributed by atoms with Crippen molar-refractivity contribution in [2.24, 2.45) is 0 Å². The maximum Gasteiger partial charge on any atom is 0.147 e. The fourth-order valence-electron chi connectivity index (χ4n) is 1.95. The van der Waals surface area contributed by atoms with Gasteiger partial charge in [0.1, 0.15) is 5.78 Å². The summed E-state index contributed by atoms with van der Waals surface area (Å²) in [7, 11) is 2.03. The fourth-order valence-corrected chi connectivity index (χ4v) is 1.95. The Hall–Kier alpha value is 0.734. The number of carbonyl (C=O) groups excluding carboxylic acids is 1. The van der Waals surface area contributed by atoms with Crippen LogP contribution in [0.4, 0.5) is 0 Å². The standard InChI is InChI=1S/C10H18NO.Y/c1-7-6-10(4,9(3)12)11(5)8(7)2;/h8H,6H2,1-5H3;/q-1;. The Kier molecular flexibility index (Phi) is 4.76. The molecule has 1 heterocycles. The number of nitrogens with zero attached hydrogens (tertiary/aromatic N) is 1. The van der Waals surface area contributed by atoms with Gasteiger partial charge in [-0.1, -0.05) is 6.92 Å². The molecule has 0 N–H and O–H groups in total. The van der Waals surface area contributed by atoms with Crippen LogP contribution in [0.1, 0.15) is 34.1 Å². The second-order valence-electron chi connectivity index (χ2n) is 4.14. The number of likely N-dealkylation sites (N-methyl/N-ethyl adjacent to an activating group) is 1. The fraction of sp³-hybridized carbons (Fsp3) is 0.800. The Morgan fingerprint density at radius 2 is 2.08 bits per heavy atom. The second kappa shape index (κ2) is 4.50. The molecule has 73 valence electrons. The molecule has 0 amide bonds. The molecule has 3 heteroatoms. The zero-order chi connectivity index (χ0) is 9.52. The smallest absolute Gasteiger partial charge is 0.147 e. The SMILES string of the molecule is CC(=O)C1(C)C[C-](C)C(C)N1C.[Y]. The van der Waals surface area contributed by atoms with Crippen LogP contribution >= 0.6 is 0 Å². The van der Waals surface area contributed by atoms with Crippen molar-refractivity contribution >= 4 is 5.78 Å². The van der Waals surface area contributed by atoms with Crippen LogP contribution in [0.2, 0.25) is 0 Å². The van der Waals surface area contributed by atoms with E-state index in [0.717, 1.165) is 6.42 Å². The van der Waals surface area contributed by atoms with E-state index in [4.69, 9.17) is 0 Å². The third-order valence-electron chi connectivity index (χ3n) is 3.45. The van der Waals surface area contributed by atoms with Crippen molar-refractivity contribution in [3.63, 3.8) is 0 Å². The molecular formula is C10H18NOY-. The van der Waals surface area contributed by atoms with Crippen LogP contribution in [-0.4, -0.2) is 29.3 Å². The first-order valence-electron chi connectivity index (χ1n) is 4.46. The predicted molar refractivity (Wildman–Crippen MR) is 49.8 cm³/mol. The minimum atomic E-state index is -0.247. The van der Waals surface area contributed by atoms with E-state index in [2.05, 4.69) is 18.7 Å². The molecule has 1 aliphatic rings. The first kappa shape index (κ1) is 13.7. The van der Waals surface area contributed by atoms with Gasteiger partial charge in [0.05, 0.1) is 0 Å². The molecule has 1 saturated heterocycles. The van der Waals surface area contributed by atoms with Gasteiger partial charge in [-0.15, -0.1) is 6.04 Å². The largest absolute Gasteiger partial charge is 0.323 e. The van der Waals surface area contributed by atoms with Crippen LogP contribution in [-0.2, 0) is 37.5 Å².